The second-order valence-electron chi connectivity index (χ2n) is 6.60. The first-order valence-electron chi connectivity index (χ1n) is 8.79. The summed E-state index contributed by atoms with van der Waals surface area (Å²) in [5.41, 5.74) is 3.48. The molecule has 0 fully saturated rings. The minimum absolute atomic E-state index is 0.00345. The van der Waals surface area contributed by atoms with Crippen LogP contribution in [0.4, 0.5) is 10.1 Å². The molecule has 0 N–H and O–H groups in total. The average Bonchev–Trinajstić information content (AvgIpc) is 2.71. The second kappa shape index (κ2) is 7.56. The molecule has 1 aliphatic rings. The van der Waals surface area contributed by atoms with E-state index in [1.165, 1.54) is 17.2 Å². The molecular formula is C21H17ClFN3O2. The molecule has 1 aliphatic heterocycles. The molecule has 0 unspecified atom stereocenters. The zero-order valence-electron chi connectivity index (χ0n) is 15.2. The highest BCUT2D eigenvalue weighted by Gasteiger charge is 2.23. The van der Waals surface area contributed by atoms with Gasteiger partial charge in [-0.3, -0.25) is 9.78 Å². The zero-order chi connectivity index (χ0) is 19.7. The number of rotatable bonds is 4. The van der Waals surface area contributed by atoms with E-state index in [1.807, 2.05) is 6.07 Å². The number of hydrogen-bond donors (Lipinski definition) is 0. The highest BCUT2D eigenvalue weighted by molar-refractivity contribution is 6.30. The minimum Gasteiger partial charge on any atom is -0.473 e. The van der Waals surface area contributed by atoms with Crippen LogP contribution in [0, 0.1) is 5.82 Å². The Balaban J connectivity index is 1.59. The van der Waals surface area contributed by atoms with Crippen LogP contribution in [0.15, 0.2) is 48.9 Å². The number of anilines is 1. The van der Waals surface area contributed by atoms with Crippen LogP contribution in [-0.2, 0) is 17.8 Å². The number of carbonyl (C=O) groups excluding carboxylic acids is 1. The molecule has 0 spiro atoms. The molecule has 142 valence electrons. The highest BCUT2D eigenvalue weighted by Crippen LogP contribution is 2.33. The summed E-state index contributed by atoms with van der Waals surface area (Å²) in [4.78, 5) is 21.6. The van der Waals surface area contributed by atoms with Crippen LogP contribution in [0.1, 0.15) is 17.5 Å². The van der Waals surface area contributed by atoms with Crippen molar-refractivity contribution < 1.29 is 13.9 Å². The zero-order valence-corrected chi connectivity index (χ0v) is 15.9. The molecule has 1 aromatic carbocycles. The van der Waals surface area contributed by atoms with E-state index in [9.17, 15) is 9.18 Å². The lowest BCUT2D eigenvalue weighted by Gasteiger charge is -2.26. The second-order valence-corrected chi connectivity index (χ2v) is 7.04. The lowest BCUT2D eigenvalue weighted by molar-refractivity contribution is -0.118. The molecule has 1 amide bonds. The number of halogens is 2. The van der Waals surface area contributed by atoms with Crippen molar-refractivity contribution in [1.82, 2.24) is 9.97 Å². The molecule has 7 heteroatoms. The maximum absolute atomic E-state index is 14.8. The molecule has 0 atom stereocenters. The first-order chi connectivity index (χ1) is 13.5. The first kappa shape index (κ1) is 18.4. The van der Waals surface area contributed by atoms with Gasteiger partial charge >= 0.3 is 0 Å². The van der Waals surface area contributed by atoms with Crippen LogP contribution < -0.4 is 9.64 Å². The minimum atomic E-state index is -0.389. The number of pyridine rings is 2. The monoisotopic (exact) mass is 397 g/mol. The van der Waals surface area contributed by atoms with Crippen molar-refractivity contribution in [2.75, 3.05) is 11.9 Å². The summed E-state index contributed by atoms with van der Waals surface area (Å²) in [5, 5.41) is 0.534. The maximum Gasteiger partial charge on any atom is 0.227 e. The SMILES string of the molecule is CN1C(=O)CCc2cc(-c3cncc(COc4ccc(Cl)cn4)c3)c(F)cc21. The van der Waals surface area contributed by atoms with Crippen LogP contribution in [0.25, 0.3) is 11.1 Å². The summed E-state index contributed by atoms with van der Waals surface area (Å²) in [6.07, 6.45) is 5.82. The van der Waals surface area contributed by atoms with Gasteiger partial charge in [-0.25, -0.2) is 9.37 Å². The van der Waals surface area contributed by atoms with Crippen molar-refractivity contribution in [3.05, 3.63) is 70.9 Å². The molecule has 0 saturated carbocycles. The van der Waals surface area contributed by atoms with Crippen molar-refractivity contribution >= 4 is 23.2 Å². The topological polar surface area (TPSA) is 55.3 Å². The molecule has 3 heterocycles. The van der Waals surface area contributed by atoms with E-state index in [1.54, 1.807) is 37.6 Å². The maximum atomic E-state index is 14.8. The molecule has 0 aliphatic carbocycles. The molecule has 3 aromatic rings. The Labute approximate surface area is 166 Å². The van der Waals surface area contributed by atoms with Gasteiger partial charge in [0.2, 0.25) is 11.8 Å². The van der Waals surface area contributed by atoms with E-state index in [2.05, 4.69) is 9.97 Å². The smallest absolute Gasteiger partial charge is 0.227 e. The molecule has 2 aromatic heterocycles. The number of benzene rings is 1. The van der Waals surface area contributed by atoms with Gasteiger partial charge in [0.15, 0.2) is 0 Å². The van der Waals surface area contributed by atoms with E-state index in [4.69, 9.17) is 16.3 Å². The number of fused-ring (bicyclic) bond motifs is 1. The van der Waals surface area contributed by atoms with Crippen molar-refractivity contribution in [3.63, 3.8) is 0 Å². The van der Waals surface area contributed by atoms with Crippen molar-refractivity contribution in [2.24, 2.45) is 0 Å². The van der Waals surface area contributed by atoms with Gasteiger partial charge in [0.1, 0.15) is 12.4 Å². The largest absolute Gasteiger partial charge is 0.473 e. The van der Waals surface area contributed by atoms with Gasteiger partial charge in [-0.05, 0) is 36.2 Å². The van der Waals surface area contributed by atoms with Gasteiger partial charge in [0, 0.05) is 60.5 Å². The fraction of sp³-hybridized carbons (Fsp3) is 0.190. The molecule has 0 saturated heterocycles. The Bertz CT molecular complexity index is 1040. The molecule has 0 bridgehead atoms. The van der Waals surface area contributed by atoms with E-state index in [-0.39, 0.29) is 18.3 Å². The number of amides is 1. The van der Waals surface area contributed by atoms with Gasteiger partial charge in [-0.15, -0.1) is 0 Å². The Hall–Kier alpha value is -2.99. The third-order valence-electron chi connectivity index (χ3n) is 4.70. The van der Waals surface area contributed by atoms with Crippen LogP contribution in [0.3, 0.4) is 0 Å². The number of carbonyl (C=O) groups is 1. The van der Waals surface area contributed by atoms with Gasteiger partial charge in [0.05, 0.1) is 5.02 Å². The summed E-state index contributed by atoms with van der Waals surface area (Å²) < 4.78 is 20.4. The summed E-state index contributed by atoms with van der Waals surface area (Å²) in [5.74, 6) is 0.0540. The number of nitrogens with zero attached hydrogens (tertiary/aromatic N) is 3. The van der Waals surface area contributed by atoms with Gasteiger partial charge in [-0.2, -0.15) is 0 Å². The van der Waals surface area contributed by atoms with Gasteiger partial charge < -0.3 is 9.64 Å². The quantitative estimate of drug-likeness (QED) is 0.653. The van der Waals surface area contributed by atoms with E-state index < -0.39 is 0 Å². The number of aromatic nitrogens is 2. The molecular weight excluding hydrogens is 381 g/mol. The highest BCUT2D eigenvalue weighted by atomic mass is 35.5. The summed E-state index contributed by atoms with van der Waals surface area (Å²) >= 11 is 5.81. The summed E-state index contributed by atoms with van der Waals surface area (Å²) in [6, 6.07) is 8.44. The molecule has 28 heavy (non-hydrogen) atoms. The Morgan fingerprint density at radius 1 is 1.18 bits per heavy atom. The lowest BCUT2D eigenvalue weighted by Crippen LogP contribution is -2.31. The Morgan fingerprint density at radius 3 is 2.82 bits per heavy atom. The van der Waals surface area contributed by atoms with Crippen LogP contribution >= 0.6 is 11.6 Å². The third-order valence-corrected chi connectivity index (χ3v) is 4.93. The number of hydrogen-bond acceptors (Lipinski definition) is 4. The van der Waals surface area contributed by atoms with Crippen molar-refractivity contribution in [2.45, 2.75) is 19.4 Å². The van der Waals surface area contributed by atoms with Crippen molar-refractivity contribution in [1.29, 1.82) is 0 Å². The first-order valence-corrected chi connectivity index (χ1v) is 9.16. The predicted molar refractivity (Wildman–Crippen MR) is 105 cm³/mol. The standard InChI is InChI=1S/C21H17ClFN3O2/c1-26-19-8-18(23)17(7-14(19)2-5-21(26)27)15-6-13(9-24-10-15)12-28-20-4-3-16(22)11-25-20/h3-4,6-11H,2,5,12H2,1H3. The molecule has 4 rings (SSSR count). The van der Waals surface area contributed by atoms with E-state index >= 15 is 0 Å². The van der Waals surface area contributed by atoms with E-state index in [0.29, 0.717) is 40.6 Å². The van der Waals surface area contributed by atoms with E-state index in [0.717, 1.165) is 11.1 Å². The fourth-order valence-corrected chi connectivity index (χ4v) is 3.32. The Morgan fingerprint density at radius 2 is 2.04 bits per heavy atom. The van der Waals surface area contributed by atoms with Crippen LogP contribution in [0.5, 0.6) is 5.88 Å². The van der Waals surface area contributed by atoms with Crippen LogP contribution in [0.2, 0.25) is 5.02 Å². The Kier molecular flexibility index (Phi) is 4.96. The predicted octanol–water partition coefficient (Wildman–Crippen LogP) is 4.42. The summed E-state index contributed by atoms with van der Waals surface area (Å²) in [6.45, 7) is 0.249. The lowest BCUT2D eigenvalue weighted by atomic mass is 9.96. The van der Waals surface area contributed by atoms with Crippen LogP contribution in [-0.4, -0.2) is 22.9 Å². The third kappa shape index (κ3) is 3.68. The van der Waals surface area contributed by atoms with Gasteiger partial charge in [-0.1, -0.05) is 11.6 Å². The summed E-state index contributed by atoms with van der Waals surface area (Å²) in [7, 11) is 1.67. The fourth-order valence-electron chi connectivity index (χ4n) is 3.20. The molecule has 0 radical (unpaired) electrons. The molecule has 5 nitrogen and oxygen atoms in total. The number of aryl methyl sites for hydroxylation is 1. The normalized spacial score (nSPS) is 13.4. The van der Waals surface area contributed by atoms with Crippen molar-refractivity contribution in [3.8, 4) is 17.0 Å². The average molecular weight is 398 g/mol. The number of ether oxygens (including phenoxy) is 1. The van der Waals surface area contributed by atoms with Gasteiger partial charge in [0.25, 0.3) is 0 Å².